The molecule has 1 amide bonds. The van der Waals surface area contributed by atoms with Crippen molar-refractivity contribution < 1.29 is 23.8 Å². The van der Waals surface area contributed by atoms with E-state index in [9.17, 15) is 14.3 Å². The van der Waals surface area contributed by atoms with Gasteiger partial charge in [0.2, 0.25) is 0 Å². The number of carbonyl (C=O) groups excluding carboxylic acids is 1. The summed E-state index contributed by atoms with van der Waals surface area (Å²) in [5.74, 6) is 0.568. The summed E-state index contributed by atoms with van der Waals surface area (Å²) in [6.45, 7) is 1.94. The largest absolute Gasteiger partial charge is 0.488 e. The highest BCUT2D eigenvalue weighted by Gasteiger charge is 2.28. The first-order valence-electron chi connectivity index (χ1n) is 9.70. The Hall–Kier alpha value is -2.71. The molecule has 0 spiro atoms. The summed E-state index contributed by atoms with van der Waals surface area (Å²) in [7, 11) is 1.90. The fourth-order valence-corrected chi connectivity index (χ4v) is 3.55. The van der Waals surface area contributed by atoms with Crippen molar-refractivity contribution >= 4 is 11.7 Å². The maximum atomic E-state index is 13.2. The van der Waals surface area contributed by atoms with E-state index in [0.717, 1.165) is 11.1 Å². The van der Waals surface area contributed by atoms with Crippen LogP contribution in [0.4, 0.5) is 10.2 Å². The number of aromatic nitrogens is 1. The number of likely N-dealkylation sites (N-methyl/N-ethyl adjacent to an activating group) is 1. The summed E-state index contributed by atoms with van der Waals surface area (Å²) in [6, 6.07) is 7.48. The number of hydrogen-bond acceptors (Lipinski definition) is 6. The van der Waals surface area contributed by atoms with Crippen LogP contribution < -0.4 is 15.0 Å². The normalized spacial score (nSPS) is 21.3. The van der Waals surface area contributed by atoms with Crippen molar-refractivity contribution in [2.45, 2.75) is 25.0 Å². The molecule has 2 aliphatic rings. The van der Waals surface area contributed by atoms with E-state index >= 15 is 0 Å². The van der Waals surface area contributed by atoms with Gasteiger partial charge in [-0.15, -0.1) is 0 Å². The molecule has 3 heterocycles. The van der Waals surface area contributed by atoms with Crippen molar-refractivity contribution in [2.24, 2.45) is 0 Å². The van der Waals surface area contributed by atoms with Crippen LogP contribution in [0.5, 0.6) is 5.75 Å². The molecule has 2 aliphatic heterocycles. The Morgan fingerprint density at radius 1 is 1.34 bits per heavy atom. The summed E-state index contributed by atoms with van der Waals surface area (Å²) < 4.78 is 24.5. The predicted molar refractivity (Wildman–Crippen MR) is 105 cm³/mol. The number of anilines is 1. The van der Waals surface area contributed by atoms with Crippen molar-refractivity contribution in [2.75, 3.05) is 38.3 Å². The van der Waals surface area contributed by atoms with Crippen molar-refractivity contribution in [3.8, 4) is 5.75 Å². The Labute approximate surface area is 168 Å². The lowest BCUT2D eigenvalue weighted by Gasteiger charge is -2.30. The van der Waals surface area contributed by atoms with Gasteiger partial charge in [0, 0.05) is 25.6 Å². The highest BCUT2D eigenvalue weighted by atomic mass is 19.1. The molecule has 1 aromatic heterocycles. The molecule has 0 saturated carbocycles. The molecule has 29 heavy (non-hydrogen) atoms. The smallest absolute Gasteiger partial charge is 0.270 e. The zero-order chi connectivity index (χ0) is 20.4. The zero-order valence-electron chi connectivity index (χ0n) is 16.2. The number of nitrogens with zero attached hydrogens (tertiary/aromatic N) is 2. The van der Waals surface area contributed by atoms with E-state index in [1.807, 2.05) is 11.9 Å². The van der Waals surface area contributed by atoms with E-state index in [-0.39, 0.29) is 24.0 Å². The first-order valence-corrected chi connectivity index (χ1v) is 9.70. The molecule has 4 rings (SSSR count). The van der Waals surface area contributed by atoms with Crippen LogP contribution in [-0.4, -0.2) is 61.6 Å². The van der Waals surface area contributed by atoms with Crippen LogP contribution in [0.2, 0.25) is 0 Å². The van der Waals surface area contributed by atoms with Gasteiger partial charge in [0.05, 0.1) is 25.3 Å². The number of fused-ring (bicyclic) bond motifs is 1. The van der Waals surface area contributed by atoms with Gasteiger partial charge in [-0.1, -0.05) is 12.1 Å². The summed E-state index contributed by atoms with van der Waals surface area (Å²) in [5.41, 5.74) is 1.95. The Morgan fingerprint density at radius 2 is 2.14 bits per heavy atom. The molecule has 1 saturated heterocycles. The molecule has 0 unspecified atom stereocenters. The quantitative estimate of drug-likeness (QED) is 0.808. The van der Waals surface area contributed by atoms with Crippen molar-refractivity contribution in [1.29, 1.82) is 0 Å². The lowest BCUT2D eigenvalue weighted by Crippen LogP contribution is -2.49. The second kappa shape index (κ2) is 8.34. The Morgan fingerprint density at radius 3 is 2.90 bits per heavy atom. The van der Waals surface area contributed by atoms with Gasteiger partial charge in [-0.05, 0) is 30.2 Å². The zero-order valence-corrected chi connectivity index (χ0v) is 16.2. The van der Waals surface area contributed by atoms with Gasteiger partial charge in [0.15, 0.2) is 11.6 Å². The van der Waals surface area contributed by atoms with Gasteiger partial charge in [-0.2, -0.15) is 0 Å². The topological polar surface area (TPSA) is 83.9 Å². The van der Waals surface area contributed by atoms with Crippen LogP contribution in [-0.2, 0) is 11.2 Å². The van der Waals surface area contributed by atoms with Crippen LogP contribution in [0.3, 0.4) is 0 Å². The Bertz CT molecular complexity index is 890. The SMILES string of the molecule is CN1CCOc2c(Cc3ccc(F)cc3)cc(C(=O)N[C@@H]3COCC[C@@H]3O)nc21. The maximum Gasteiger partial charge on any atom is 0.270 e. The number of pyridine rings is 1. The molecular weight excluding hydrogens is 377 g/mol. The third kappa shape index (κ3) is 4.33. The molecular formula is C21H24FN3O4. The lowest BCUT2D eigenvalue weighted by atomic mass is 10.0. The number of aliphatic hydroxyl groups is 1. The number of aliphatic hydroxyl groups excluding tert-OH is 1. The van der Waals surface area contributed by atoms with Gasteiger partial charge < -0.3 is 24.8 Å². The van der Waals surface area contributed by atoms with Gasteiger partial charge >= 0.3 is 0 Å². The Kier molecular flexibility index (Phi) is 5.64. The molecule has 2 atom stereocenters. The minimum atomic E-state index is -0.644. The number of carbonyl (C=O) groups is 1. The molecule has 1 fully saturated rings. The number of amides is 1. The van der Waals surface area contributed by atoms with E-state index in [4.69, 9.17) is 9.47 Å². The van der Waals surface area contributed by atoms with E-state index in [2.05, 4.69) is 10.3 Å². The predicted octanol–water partition coefficient (Wildman–Crippen LogP) is 1.52. The maximum absolute atomic E-state index is 13.2. The molecule has 0 aliphatic carbocycles. The van der Waals surface area contributed by atoms with Crippen molar-refractivity contribution in [3.05, 3.63) is 53.0 Å². The molecule has 2 N–H and O–H groups in total. The molecule has 8 heteroatoms. The van der Waals surface area contributed by atoms with Crippen LogP contribution in [0, 0.1) is 5.82 Å². The standard InChI is InChI=1S/C21H24FN3O4/c1-25-7-9-29-19-14(10-13-2-4-15(22)5-3-13)11-16(23-20(19)25)21(27)24-17-12-28-8-6-18(17)26/h2-5,11,17-18,26H,6-10,12H2,1H3,(H,24,27)/t17-,18+/m1/s1. The third-order valence-electron chi connectivity index (χ3n) is 5.24. The van der Waals surface area contributed by atoms with Crippen LogP contribution in [0.25, 0.3) is 0 Å². The molecule has 2 aromatic rings. The molecule has 154 valence electrons. The fourth-order valence-electron chi connectivity index (χ4n) is 3.55. The lowest BCUT2D eigenvalue weighted by molar-refractivity contribution is -0.0140. The average Bonchev–Trinajstić information content (AvgIpc) is 2.72. The van der Waals surface area contributed by atoms with Gasteiger partial charge in [0.1, 0.15) is 18.1 Å². The molecule has 0 bridgehead atoms. The number of rotatable bonds is 4. The van der Waals surface area contributed by atoms with E-state index in [0.29, 0.717) is 44.2 Å². The van der Waals surface area contributed by atoms with Crippen molar-refractivity contribution in [3.63, 3.8) is 0 Å². The second-order valence-electron chi connectivity index (χ2n) is 7.40. The Balaban J connectivity index is 1.64. The highest BCUT2D eigenvalue weighted by Crippen LogP contribution is 2.34. The molecule has 7 nitrogen and oxygen atoms in total. The van der Waals surface area contributed by atoms with Crippen LogP contribution in [0.15, 0.2) is 30.3 Å². The number of benzene rings is 1. The third-order valence-corrected chi connectivity index (χ3v) is 5.24. The molecule has 1 aromatic carbocycles. The van der Waals surface area contributed by atoms with Gasteiger partial charge in [-0.3, -0.25) is 4.79 Å². The minimum absolute atomic E-state index is 0.246. The monoisotopic (exact) mass is 401 g/mol. The summed E-state index contributed by atoms with van der Waals surface area (Å²) in [4.78, 5) is 19.3. The van der Waals surface area contributed by atoms with Gasteiger partial charge in [0.25, 0.3) is 5.91 Å². The first-order chi connectivity index (χ1) is 14.0. The van der Waals surface area contributed by atoms with Gasteiger partial charge in [-0.25, -0.2) is 9.37 Å². The van der Waals surface area contributed by atoms with Crippen molar-refractivity contribution in [1.82, 2.24) is 10.3 Å². The number of halogens is 1. The van der Waals surface area contributed by atoms with Crippen LogP contribution >= 0.6 is 0 Å². The summed E-state index contributed by atoms with van der Waals surface area (Å²) in [5, 5.41) is 12.9. The number of nitrogens with one attached hydrogen (secondary N) is 1. The number of hydrogen-bond donors (Lipinski definition) is 2. The van der Waals surface area contributed by atoms with Crippen LogP contribution in [0.1, 0.15) is 28.0 Å². The minimum Gasteiger partial charge on any atom is -0.488 e. The number of ether oxygens (including phenoxy) is 2. The summed E-state index contributed by atoms with van der Waals surface area (Å²) in [6.07, 6.45) is 0.318. The average molecular weight is 401 g/mol. The highest BCUT2D eigenvalue weighted by molar-refractivity contribution is 5.93. The first kappa shape index (κ1) is 19.6. The van der Waals surface area contributed by atoms with E-state index in [1.54, 1.807) is 18.2 Å². The summed E-state index contributed by atoms with van der Waals surface area (Å²) >= 11 is 0. The van der Waals surface area contributed by atoms with E-state index in [1.165, 1.54) is 12.1 Å². The van der Waals surface area contributed by atoms with E-state index < -0.39 is 12.1 Å². The molecule has 0 radical (unpaired) electrons. The second-order valence-corrected chi connectivity index (χ2v) is 7.40. The fraction of sp³-hybridized carbons (Fsp3) is 0.429.